The molecule has 0 saturated carbocycles. The summed E-state index contributed by atoms with van der Waals surface area (Å²) >= 11 is 1.71. The highest BCUT2D eigenvalue weighted by Gasteiger charge is 2.22. The topological polar surface area (TPSA) is 61.8 Å². The van der Waals surface area contributed by atoms with Crippen molar-refractivity contribution >= 4 is 41.3 Å². The molecule has 2 aromatic rings. The molecule has 0 aliphatic carbocycles. The molecule has 1 aliphatic heterocycles. The van der Waals surface area contributed by atoms with Crippen LogP contribution in [0.4, 0.5) is 0 Å². The predicted octanol–water partition coefficient (Wildman–Crippen LogP) is 3.93. The Morgan fingerprint density at radius 3 is 2.53 bits per heavy atom. The number of aliphatic imine (C=N–C) groups is 1. The van der Waals surface area contributed by atoms with Gasteiger partial charge < -0.3 is 15.4 Å². The fourth-order valence-electron chi connectivity index (χ4n) is 3.67. The van der Waals surface area contributed by atoms with E-state index in [0.29, 0.717) is 13.1 Å². The number of aryl methyl sites for hydroxylation is 1. The summed E-state index contributed by atoms with van der Waals surface area (Å²) < 4.78 is 5.87. The second kappa shape index (κ2) is 12.6. The van der Waals surface area contributed by atoms with E-state index in [9.17, 15) is 0 Å². The van der Waals surface area contributed by atoms with Gasteiger partial charge in [0.2, 0.25) is 0 Å². The molecule has 0 bridgehead atoms. The van der Waals surface area contributed by atoms with Crippen LogP contribution in [0, 0.1) is 6.92 Å². The highest BCUT2D eigenvalue weighted by Crippen LogP contribution is 2.17. The Morgan fingerprint density at radius 1 is 1.20 bits per heavy atom. The minimum atomic E-state index is 0. The van der Waals surface area contributed by atoms with Crippen molar-refractivity contribution < 1.29 is 4.74 Å². The third-order valence-electron chi connectivity index (χ3n) is 4.84. The zero-order valence-electron chi connectivity index (χ0n) is 18.4. The molecule has 1 aromatic carbocycles. The third kappa shape index (κ3) is 7.79. The van der Waals surface area contributed by atoms with Crippen molar-refractivity contribution in [3.63, 3.8) is 0 Å². The fraction of sp³-hybridized carbons (Fsp3) is 0.545. The van der Waals surface area contributed by atoms with Crippen molar-refractivity contribution in [2.45, 2.75) is 59.5 Å². The molecule has 1 aliphatic rings. The SMILES string of the molecule is CCNC(=NCc1ccccc1CN1CC(C)OC(C)C1)NCc1ncc(C)s1.I. The summed E-state index contributed by atoms with van der Waals surface area (Å²) in [4.78, 5) is 12.9. The van der Waals surface area contributed by atoms with Crippen molar-refractivity contribution in [3.05, 3.63) is 51.5 Å². The molecule has 2 N–H and O–H groups in total. The van der Waals surface area contributed by atoms with Crippen LogP contribution in [0.15, 0.2) is 35.5 Å². The van der Waals surface area contributed by atoms with Crippen LogP contribution in [-0.2, 0) is 24.4 Å². The normalized spacial score (nSPS) is 19.9. The van der Waals surface area contributed by atoms with Gasteiger partial charge in [-0.2, -0.15) is 0 Å². The van der Waals surface area contributed by atoms with E-state index in [4.69, 9.17) is 9.73 Å². The van der Waals surface area contributed by atoms with Crippen molar-refractivity contribution in [1.82, 2.24) is 20.5 Å². The fourth-order valence-corrected chi connectivity index (χ4v) is 4.40. The number of ether oxygens (including phenoxy) is 1. The molecule has 1 aromatic heterocycles. The van der Waals surface area contributed by atoms with Crippen LogP contribution in [0.3, 0.4) is 0 Å². The first kappa shape index (κ1) is 25.0. The molecule has 1 saturated heterocycles. The Kier molecular flexibility index (Phi) is 10.5. The smallest absolute Gasteiger partial charge is 0.191 e. The van der Waals surface area contributed by atoms with E-state index < -0.39 is 0 Å². The minimum absolute atomic E-state index is 0. The summed E-state index contributed by atoms with van der Waals surface area (Å²) in [6, 6.07) is 8.61. The lowest BCUT2D eigenvalue weighted by molar-refractivity contribution is -0.0705. The average molecular weight is 544 g/mol. The van der Waals surface area contributed by atoms with Gasteiger partial charge >= 0.3 is 0 Å². The number of thiazole rings is 1. The number of guanidine groups is 1. The summed E-state index contributed by atoms with van der Waals surface area (Å²) in [6.07, 6.45) is 2.47. The lowest BCUT2D eigenvalue weighted by atomic mass is 10.1. The first-order chi connectivity index (χ1) is 14.0. The van der Waals surface area contributed by atoms with Crippen molar-refractivity contribution in [2.75, 3.05) is 19.6 Å². The molecule has 2 unspecified atom stereocenters. The number of hydrogen-bond donors (Lipinski definition) is 2. The molecule has 30 heavy (non-hydrogen) atoms. The maximum Gasteiger partial charge on any atom is 0.191 e. The van der Waals surface area contributed by atoms with Crippen molar-refractivity contribution in [1.29, 1.82) is 0 Å². The van der Waals surface area contributed by atoms with Crippen molar-refractivity contribution in [3.8, 4) is 0 Å². The Hall–Kier alpha value is -1.23. The number of aromatic nitrogens is 1. The molecule has 3 rings (SSSR count). The van der Waals surface area contributed by atoms with Crippen LogP contribution in [0.1, 0.15) is 41.8 Å². The minimum Gasteiger partial charge on any atom is -0.373 e. The molecule has 0 radical (unpaired) electrons. The standard InChI is InChI=1S/C22H33N5OS.HI/c1-5-23-22(26-12-21-24-10-18(4)29-21)25-11-19-8-6-7-9-20(19)15-27-13-16(2)28-17(3)14-27;/h6-10,16-17H,5,11-15H2,1-4H3,(H2,23,25,26);1H. The van der Waals surface area contributed by atoms with Gasteiger partial charge in [-0.25, -0.2) is 9.98 Å². The van der Waals surface area contributed by atoms with E-state index in [1.54, 1.807) is 11.3 Å². The Labute approximate surface area is 201 Å². The number of halogens is 1. The molecule has 0 spiro atoms. The first-order valence-electron chi connectivity index (χ1n) is 10.4. The van der Waals surface area contributed by atoms with Gasteiger partial charge in [0.1, 0.15) is 5.01 Å². The maximum absolute atomic E-state index is 5.87. The molecule has 2 heterocycles. The highest BCUT2D eigenvalue weighted by atomic mass is 127. The first-order valence-corrected chi connectivity index (χ1v) is 11.2. The van der Waals surface area contributed by atoms with Crippen LogP contribution < -0.4 is 10.6 Å². The largest absolute Gasteiger partial charge is 0.373 e. The van der Waals surface area contributed by atoms with E-state index in [-0.39, 0.29) is 36.2 Å². The van der Waals surface area contributed by atoms with E-state index in [2.05, 4.69) is 72.5 Å². The second-order valence-electron chi connectivity index (χ2n) is 7.63. The molecule has 6 nitrogen and oxygen atoms in total. The van der Waals surface area contributed by atoms with Gasteiger partial charge in [-0.15, -0.1) is 35.3 Å². The average Bonchev–Trinajstić information content (AvgIpc) is 3.09. The van der Waals surface area contributed by atoms with Crippen LogP contribution in [0.25, 0.3) is 0 Å². The highest BCUT2D eigenvalue weighted by molar-refractivity contribution is 14.0. The molecular weight excluding hydrogens is 509 g/mol. The van der Waals surface area contributed by atoms with E-state index >= 15 is 0 Å². The summed E-state index contributed by atoms with van der Waals surface area (Å²) in [7, 11) is 0. The van der Waals surface area contributed by atoms with E-state index in [1.807, 2.05) is 6.20 Å². The maximum atomic E-state index is 5.87. The monoisotopic (exact) mass is 543 g/mol. The Morgan fingerprint density at radius 2 is 1.90 bits per heavy atom. The quantitative estimate of drug-likeness (QED) is 0.315. The lowest BCUT2D eigenvalue weighted by Gasteiger charge is -2.35. The number of nitrogens with zero attached hydrogens (tertiary/aromatic N) is 3. The number of rotatable bonds is 7. The summed E-state index contributed by atoms with van der Waals surface area (Å²) in [5, 5.41) is 7.80. The predicted molar refractivity (Wildman–Crippen MR) is 136 cm³/mol. The van der Waals surface area contributed by atoms with Gasteiger partial charge in [0, 0.05) is 37.3 Å². The van der Waals surface area contributed by atoms with Crippen LogP contribution >= 0.6 is 35.3 Å². The molecule has 2 atom stereocenters. The second-order valence-corrected chi connectivity index (χ2v) is 8.95. The molecule has 0 amide bonds. The van der Waals surface area contributed by atoms with Crippen LogP contribution in [0.2, 0.25) is 0 Å². The van der Waals surface area contributed by atoms with Gasteiger partial charge in [0.15, 0.2) is 5.96 Å². The Balaban J connectivity index is 0.00000320. The van der Waals surface area contributed by atoms with Gasteiger partial charge in [-0.3, -0.25) is 4.90 Å². The molecule has 166 valence electrons. The van der Waals surface area contributed by atoms with Gasteiger partial charge in [-0.05, 0) is 38.8 Å². The zero-order valence-corrected chi connectivity index (χ0v) is 21.5. The van der Waals surface area contributed by atoms with Crippen LogP contribution in [-0.4, -0.2) is 47.7 Å². The molecule has 8 heteroatoms. The number of hydrogen-bond acceptors (Lipinski definition) is 5. The van der Waals surface area contributed by atoms with E-state index in [1.165, 1.54) is 16.0 Å². The number of morpholine rings is 1. The van der Waals surface area contributed by atoms with E-state index in [0.717, 1.165) is 37.1 Å². The third-order valence-corrected chi connectivity index (χ3v) is 5.75. The van der Waals surface area contributed by atoms with Gasteiger partial charge in [0.05, 0.1) is 25.3 Å². The summed E-state index contributed by atoms with van der Waals surface area (Å²) in [6.45, 7) is 13.5. The Bertz CT molecular complexity index is 802. The molecular formula is C22H34IN5OS. The summed E-state index contributed by atoms with van der Waals surface area (Å²) in [5.41, 5.74) is 2.60. The molecule has 1 fully saturated rings. The zero-order chi connectivity index (χ0) is 20.6. The van der Waals surface area contributed by atoms with Gasteiger partial charge in [0.25, 0.3) is 0 Å². The van der Waals surface area contributed by atoms with Gasteiger partial charge in [-0.1, -0.05) is 24.3 Å². The van der Waals surface area contributed by atoms with Crippen molar-refractivity contribution in [2.24, 2.45) is 4.99 Å². The lowest BCUT2D eigenvalue weighted by Crippen LogP contribution is -2.44. The number of nitrogens with one attached hydrogen (secondary N) is 2. The van der Waals surface area contributed by atoms with Crippen LogP contribution in [0.5, 0.6) is 0 Å². The number of benzene rings is 1. The summed E-state index contributed by atoms with van der Waals surface area (Å²) in [5.74, 6) is 0.823.